The van der Waals surface area contributed by atoms with E-state index < -0.39 is 0 Å². The van der Waals surface area contributed by atoms with Crippen molar-refractivity contribution in [3.8, 4) is 0 Å². The third kappa shape index (κ3) is 4.26. The third-order valence-electron chi connectivity index (χ3n) is 3.01. The van der Waals surface area contributed by atoms with Gasteiger partial charge in [0.15, 0.2) is 0 Å². The summed E-state index contributed by atoms with van der Waals surface area (Å²) in [4.78, 5) is 0. The van der Waals surface area contributed by atoms with E-state index in [0.29, 0.717) is 5.92 Å². The highest BCUT2D eigenvalue weighted by Crippen LogP contribution is 2.27. The molecule has 0 radical (unpaired) electrons. The van der Waals surface area contributed by atoms with Gasteiger partial charge in [0.2, 0.25) is 0 Å². The number of hydrogen-bond acceptors (Lipinski definition) is 1. The van der Waals surface area contributed by atoms with Crippen LogP contribution in [-0.2, 0) is 0 Å². The Morgan fingerprint density at radius 2 is 2.12 bits per heavy atom. The van der Waals surface area contributed by atoms with E-state index in [9.17, 15) is 5.11 Å². The second-order valence-corrected chi connectivity index (χ2v) is 5.48. The van der Waals surface area contributed by atoms with Crippen LogP contribution in [0.15, 0.2) is 28.7 Å². The maximum absolute atomic E-state index is 9.47. The molecule has 0 saturated carbocycles. The van der Waals surface area contributed by atoms with E-state index in [1.807, 2.05) is 12.1 Å². The lowest BCUT2D eigenvalue weighted by Gasteiger charge is -2.19. The predicted octanol–water partition coefficient (Wildman–Crippen LogP) is 4.35. The van der Waals surface area contributed by atoms with Crippen molar-refractivity contribution in [1.82, 2.24) is 0 Å². The minimum Gasteiger partial charge on any atom is -0.396 e. The van der Waals surface area contributed by atoms with Crippen molar-refractivity contribution in [2.24, 2.45) is 5.92 Å². The van der Waals surface area contributed by atoms with Crippen LogP contribution in [0, 0.1) is 5.92 Å². The fourth-order valence-corrected chi connectivity index (χ4v) is 2.59. The van der Waals surface area contributed by atoms with Crippen LogP contribution >= 0.6 is 15.9 Å². The van der Waals surface area contributed by atoms with Crippen molar-refractivity contribution < 1.29 is 5.11 Å². The molecule has 0 aliphatic carbocycles. The van der Waals surface area contributed by atoms with E-state index in [4.69, 9.17) is 0 Å². The fraction of sp³-hybridized carbons (Fsp3) is 0.571. The molecule has 0 aromatic heterocycles. The lowest BCUT2D eigenvalue weighted by molar-refractivity contribution is 0.243. The Morgan fingerprint density at radius 3 is 2.69 bits per heavy atom. The molecule has 2 atom stereocenters. The SMILES string of the molecule is CCCC(C)CC(CO)c1cccc(Br)c1. The van der Waals surface area contributed by atoms with Crippen molar-refractivity contribution >= 4 is 15.9 Å². The zero-order chi connectivity index (χ0) is 12.0. The minimum absolute atomic E-state index is 0.241. The number of hydrogen-bond donors (Lipinski definition) is 1. The molecule has 2 unspecified atom stereocenters. The number of aliphatic hydroxyl groups excluding tert-OH is 1. The molecule has 1 aromatic rings. The van der Waals surface area contributed by atoms with E-state index >= 15 is 0 Å². The molecule has 1 N–H and O–H groups in total. The van der Waals surface area contributed by atoms with Crippen LogP contribution < -0.4 is 0 Å². The average molecular weight is 285 g/mol. The lowest BCUT2D eigenvalue weighted by Crippen LogP contribution is -2.09. The molecule has 1 aromatic carbocycles. The highest BCUT2D eigenvalue weighted by atomic mass is 79.9. The van der Waals surface area contributed by atoms with Gasteiger partial charge in [-0.15, -0.1) is 0 Å². The van der Waals surface area contributed by atoms with Gasteiger partial charge in [-0.1, -0.05) is 54.8 Å². The minimum atomic E-state index is 0.241. The summed E-state index contributed by atoms with van der Waals surface area (Å²) in [5.41, 5.74) is 1.24. The van der Waals surface area contributed by atoms with Gasteiger partial charge < -0.3 is 5.11 Å². The van der Waals surface area contributed by atoms with Crippen LogP contribution in [-0.4, -0.2) is 11.7 Å². The molecule has 0 fully saturated rings. The second kappa shape index (κ2) is 7.08. The Balaban J connectivity index is 2.67. The quantitative estimate of drug-likeness (QED) is 0.823. The van der Waals surface area contributed by atoms with Gasteiger partial charge in [-0.2, -0.15) is 0 Å². The van der Waals surface area contributed by atoms with Crippen LogP contribution in [0.2, 0.25) is 0 Å². The van der Waals surface area contributed by atoms with Gasteiger partial charge in [-0.05, 0) is 30.0 Å². The molecule has 0 aliphatic heterocycles. The van der Waals surface area contributed by atoms with Crippen LogP contribution in [0.3, 0.4) is 0 Å². The topological polar surface area (TPSA) is 20.2 Å². The van der Waals surface area contributed by atoms with Crippen molar-refractivity contribution in [1.29, 1.82) is 0 Å². The molecule has 0 spiro atoms. The zero-order valence-electron chi connectivity index (χ0n) is 10.1. The average Bonchev–Trinajstić information content (AvgIpc) is 2.26. The molecule has 2 heteroatoms. The van der Waals surface area contributed by atoms with Crippen molar-refractivity contribution in [2.75, 3.05) is 6.61 Å². The van der Waals surface area contributed by atoms with Gasteiger partial charge in [0, 0.05) is 17.0 Å². The molecule has 1 nitrogen and oxygen atoms in total. The Kier molecular flexibility index (Phi) is 6.07. The smallest absolute Gasteiger partial charge is 0.0499 e. The molecule has 0 amide bonds. The first-order valence-corrected chi connectivity index (χ1v) is 6.83. The number of aliphatic hydroxyl groups is 1. The highest BCUT2D eigenvalue weighted by molar-refractivity contribution is 9.10. The number of benzene rings is 1. The van der Waals surface area contributed by atoms with Crippen LogP contribution in [0.5, 0.6) is 0 Å². The molecule has 16 heavy (non-hydrogen) atoms. The maximum atomic E-state index is 9.47. The summed E-state index contributed by atoms with van der Waals surface area (Å²) in [6.45, 7) is 4.72. The molecule has 0 bridgehead atoms. The largest absolute Gasteiger partial charge is 0.396 e. The van der Waals surface area contributed by atoms with Crippen LogP contribution in [0.1, 0.15) is 44.6 Å². The molecule has 90 valence electrons. The Morgan fingerprint density at radius 1 is 1.38 bits per heavy atom. The summed E-state index contributed by atoms with van der Waals surface area (Å²) in [5.74, 6) is 0.959. The Hall–Kier alpha value is -0.340. The molecule has 0 heterocycles. The molecular formula is C14H21BrO. The van der Waals surface area contributed by atoms with Gasteiger partial charge >= 0.3 is 0 Å². The number of halogens is 1. The molecule has 0 aliphatic rings. The van der Waals surface area contributed by atoms with E-state index in [2.05, 4.69) is 41.9 Å². The number of rotatable bonds is 6. The van der Waals surface area contributed by atoms with Crippen molar-refractivity contribution in [3.63, 3.8) is 0 Å². The Labute approximate surface area is 107 Å². The van der Waals surface area contributed by atoms with Crippen LogP contribution in [0.4, 0.5) is 0 Å². The molecule has 1 rings (SSSR count). The first kappa shape index (κ1) is 13.7. The first-order chi connectivity index (χ1) is 7.67. The first-order valence-electron chi connectivity index (χ1n) is 6.03. The summed E-state index contributed by atoms with van der Waals surface area (Å²) in [6.07, 6.45) is 3.53. The molecule has 0 saturated heterocycles. The normalized spacial score (nSPS) is 14.8. The highest BCUT2D eigenvalue weighted by Gasteiger charge is 2.14. The van der Waals surface area contributed by atoms with Gasteiger partial charge in [-0.25, -0.2) is 0 Å². The fourth-order valence-electron chi connectivity index (χ4n) is 2.17. The van der Waals surface area contributed by atoms with E-state index in [1.165, 1.54) is 18.4 Å². The summed E-state index contributed by atoms with van der Waals surface area (Å²) < 4.78 is 1.09. The summed E-state index contributed by atoms with van der Waals surface area (Å²) in [6, 6.07) is 8.27. The van der Waals surface area contributed by atoms with Crippen LogP contribution in [0.25, 0.3) is 0 Å². The van der Waals surface area contributed by atoms with E-state index in [0.717, 1.165) is 10.9 Å². The van der Waals surface area contributed by atoms with E-state index in [1.54, 1.807) is 0 Å². The molecular weight excluding hydrogens is 264 g/mol. The Bertz CT molecular complexity index is 311. The maximum Gasteiger partial charge on any atom is 0.0499 e. The lowest BCUT2D eigenvalue weighted by atomic mass is 9.88. The summed E-state index contributed by atoms with van der Waals surface area (Å²) in [7, 11) is 0. The van der Waals surface area contributed by atoms with Gasteiger partial charge in [0.25, 0.3) is 0 Å². The standard InChI is InChI=1S/C14H21BrO/c1-3-5-11(2)8-13(10-16)12-6-4-7-14(15)9-12/h4,6-7,9,11,13,16H,3,5,8,10H2,1-2H3. The van der Waals surface area contributed by atoms with Gasteiger partial charge in [0.1, 0.15) is 0 Å². The van der Waals surface area contributed by atoms with Gasteiger partial charge in [0.05, 0.1) is 0 Å². The summed E-state index contributed by atoms with van der Waals surface area (Å²) in [5, 5.41) is 9.47. The third-order valence-corrected chi connectivity index (χ3v) is 3.50. The zero-order valence-corrected chi connectivity index (χ0v) is 11.7. The monoisotopic (exact) mass is 284 g/mol. The second-order valence-electron chi connectivity index (χ2n) is 4.56. The van der Waals surface area contributed by atoms with Gasteiger partial charge in [-0.3, -0.25) is 0 Å². The van der Waals surface area contributed by atoms with E-state index in [-0.39, 0.29) is 12.5 Å². The van der Waals surface area contributed by atoms with Crippen molar-refractivity contribution in [2.45, 2.75) is 39.0 Å². The van der Waals surface area contributed by atoms with Crippen molar-refractivity contribution in [3.05, 3.63) is 34.3 Å². The summed E-state index contributed by atoms with van der Waals surface area (Å²) >= 11 is 3.47. The predicted molar refractivity (Wildman–Crippen MR) is 72.7 cm³/mol.